The smallest absolute Gasteiger partial charge is 0.407 e. The number of halogens is 4. The summed E-state index contributed by atoms with van der Waals surface area (Å²) in [6.07, 6.45) is 6.58. The van der Waals surface area contributed by atoms with E-state index in [1.54, 1.807) is 65.3 Å². The second-order valence-corrected chi connectivity index (χ2v) is 15.4. The van der Waals surface area contributed by atoms with Gasteiger partial charge in [-0.15, -0.1) is 0 Å². The van der Waals surface area contributed by atoms with Crippen LogP contribution >= 0.6 is 11.6 Å². The topological polar surface area (TPSA) is 193 Å². The molecule has 20 heteroatoms. The first-order valence-electron chi connectivity index (χ1n) is 18.3. The number of pyridine rings is 1. The molecule has 0 radical (unpaired) electrons. The number of carboxylic acid groups (broad SMARTS) is 1. The molecule has 0 spiro atoms. The normalized spacial score (nSPS) is 12.2. The van der Waals surface area contributed by atoms with Crippen LogP contribution in [-0.2, 0) is 29.7 Å². The van der Waals surface area contributed by atoms with E-state index in [4.69, 9.17) is 16.3 Å². The third kappa shape index (κ3) is 8.28. The van der Waals surface area contributed by atoms with Crippen LogP contribution in [0.25, 0.3) is 38.5 Å². The molecular formula is C40H36ClF3N10O6. The predicted octanol–water partition coefficient (Wildman–Crippen LogP) is 6.62. The number of nitrogens with one attached hydrogen (secondary N) is 2. The lowest BCUT2D eigenvalue weighted by Gasteiger charge is -2.20. The van der Waals surface area contributed by atoms with E-state index in [0.717, 1.165) is 4.57 Å². The molecule has 1 unspecified atom stereocenters. The van der Waals surface area contributed by atoms with Gasteiger partial charge in [-0.3, -0.25) is 23.7 Å². The quantitative estimate of drug-likeness (QED) is 0.119. The standard InChI is InChI=1S/C40H36ClF3N10O6/c1-20(9-31(55)56)53-18-24(15-47-53)33-25-19-51(5)50-29(25)12-26(41)35(33)48-36-49-37(57)54(39(59)52(36)17-21-10-27(42)34(44)28(43)11-21)30-16-45-13-22-7-6-8-23(32(22)30)14-46-38(58)60-40(2,3)4/h6-8,10-13,15-16,18-20H,9,14,17H2,1-5H3,(H,46,58)(H,55,56)(H,48,49,57). The molecule has 60 heavy (non-hydrogen) atoms. The Bertz CT molecular complexity index is 2940. The molecule has 3 aromatic carbocycles. The first-order chi connectivity index (χ1) is 28.4. The molecule has 310 valence electrons. The Morgan fingerprint density at radius 2 is 1.77 bits per heavy atom. The number of alkyl carbamates (subject to hydrolysis) is 1. The molecule has 3 N–H and O–H groups in total. The molecule has 0 aliphatic heterocycles. The molecular weight excluding hydrogens is 809 g/mol. The van der Waals surface area contributed by atoms with Crippen LogP contribution < -0.4 is 22.0 Å². The molecule has 1 amide bonds. The minimum Gasteiger partial charge on any atom is -0.481 e. The van der Waals surface area contributed by atoms with Crippen LogP contribution in [0, 0.1) is 17.5 Å². The van der Waals surface area contributed by atoms with Crippen molar-refractivity contribution in [3.8, 4) is 16.8 Å². The number of anilines is 2. The number of carboxylic acids is 1. The van der Waals surface area contributed by atoms with Crippen molar-refractivity contribution < 1.29 is 32.6 Å². The van der Waals surface area contributed by atoms with Gasteiger partial charge in [-0.2, -0.15) is 15.2 Å². The highest BCUT2D eigenvalue weighted by molar-refractivity contribution is 6.35. The zero-order chi connectivity index (χ0) is 43.2. The molecule has 7 rings (SSSR count). The summed E-state index contributed by atoms with van der Waals surface area (Å²) < 4.78 is 53.3. The number of carbonyl (C=O) groups is 2. The maximum atomic E-state index is 14.8. The molecule has 0 bridgehead atoms. The summed E-state index contributed by atoms with van der Waals surface area (Å²) in [5.74, 6) is -6.22. The van der Waals surface area contributed by atoms with Gasteiger partial charge in [-0.25, -0.2) is 32.1 Å². The fourth-order valence-corrected chi connectivity index (χ4v) is 7.00. The van der Waals surface area contributed by atoms with Crippen molar-refractivity contribution >= 4 is 57.0 Å². The first-order valence-corrected chi connectivity index (χ1v) is 18.7. The average molecular weight is 845 g/mol. The van der Waals surface area contributed by atoms with Gasteiger partial charge in [-0.05, 0) is 57.0 Å². The van der Waals surface area contributed by atoms with Crippen molar-refractivity contribution in [2.24, 2.45) is 7.05 Å². The Kier molecular flexibility index (Phi) is 11.0. The fraction of sp³-hybridized carbons (Fsp3) is 0.250. The van der Waals surface area contributed by atoms with Gasteiger partial charge < -0.3 is 20.5 Å². The summed E-state index contributed by atoms with van der Waals surface area (Å²) >= 11 is 6.90. The van der Waals surface area contributed by atoms with Crippen molar-refractivity contribution in [2.45, 2.75) is 58.8 Å². The maximum Gasteiger partial charge on any atom is 0.407 e. The lowest BCUT2D eigenvalue weighted by Crippen LogP contribution is -2.42. The molecule has 0 aliphatic rings. The molecule has 0 fully saturated rings. The lowest BCUT2D eigenvalue weighted by molar-refractivity contribution is -0.137. The van der Waals surface area contributed by atoms with Crippen molar-refractivity contribution in [2.75, 3.05) is 5.32 Å². The van der Waals surface area contributed by atoms with E-state index in [-0.39, 0.29) is 34.9 Å². The van der Waals surface area contributed by atoms with Gasteiger partial charge in [0.05, 0.1) is 53.3 Å². The van der Waals surface area contributed by atoms with Crippen LogP contribution in [0.4, 0.5) is 29.6 Å². The van der Waals surface area contributed by atoms with E-state index in [2.05, 4.69) is 30.8 Å². The molecule has 1 atom stereocenters. The number of hydrogen-bond donors (Lipinski definition) is 3. The van der Waals surface area contributed by atoms with E-state index in [0.29, 0.717) is 55.1 Å². The van der Waals surface area contributed by atoms with Crippen LogP contribution in [0.15, 0.2) is 77.0 Å². The number of amides is 1. The van der Waals surface area contributed by atoms with Gasteiger partial charge in [0.1, 0.15) is 5.60 Å². The molecule has 7 aromatic rings. The largest absolute Gasteiger partial charge is 0.481 e. The molecule has 16 nitrogen and oxygen atoms in total. The minimum atomic E-state index is -1.72. The summed E-state index contributed by atoms with van der Waals surface area (Å²) in [6, 6.07) is 7.44. The van der Waals surface area contributed by atoms with Gasteiger partial charge >= 0.3 is 23.4 Å². The van der Waals surface area contributed by atoms with Crippen LogP contribution in [0.2, 0.25) is 5.02 Å². The van der Waals surface area contributed by atoms with Crippen LogP contribution in [0.3, 0.4) is 0 Å². The van der Waals surface area contributed by atoms with Crippen molar-refractivity contribution in [3.05, 3.63) is 122 Å². The number of benzene rings is 3. The van der Waals surface area contributed by atoms with Crippen molar-refractivity contribution in [3.63, 3.8) is 0 Å². The SMILES string of the molecule is CC(CC(=O)O)n1cc(-c2c(Nc3nc(=O)n(-c4cncc5cccc(CNC(=O)OC(C)(C)C)c45)c(=O)n3Cc3cc(F)c(F)c(F)c3)c(Cl)cc3nn(C)cc23)cn1. The van der Waals surface area contributed by atoms with E-state index >= 15 is 0 Å². The van der Waals surface area contributed by atoms with Gasteiger partial charge in [-0.1, -0.05) is 29.8 Å². The van der Waals surface area contributed by atoms with E-state index in [9.17, 15) is 37.5 Å². The molecule has 0 saturated carbocycles. The van der Waals surface area contributed by atoms with Crippen LogP contribution in [-0.4, -0.2) is 61.4 Å². The molecule has 4 heterocycles. The van der Waals surface area contributed by atoms with Gasteiger partial charge in [0.2, 0.25) is 5.95 Å². The van der Waals surface area contributed by atoms with Crippen molar-refractivity contribution in [1.82, 2.24) is 44.0 Å². The Labute approximate surface area is 342 Å². The maximum absolute atomic E-state index is 14.8. The van der Waals surface area contributed by atoms with Crippen LogP contribution in [0.1, 0.15) is 51.3 Å². The van der Waals surface area contributed by atoms with E-state index in [1.165, 1.54) is 34.0 Å². The number of aryl methyl sites for hydroxylation is 1. The predicted molar refractivity (Wildman–Crippen MR) is 215 cm³/mol. The number of aliphatic carboxylic acids is 1. The van der Waals surface area contributed by atoms with Gasteiger partial charge in [0.15, 0.2) is 17.5 Å². The second kappa shape index (κ2) is 16.0. The third-order valence-corrected chi connectivity index (χ3v) is 9.59. The molecule has 4 aromatic heterocycles. The lowest BCUT2D eigenvalue weighted by atomic mass is 10.0. The summed E-state index contributed by atoms with van der Waals surface area (Å²) in [7, 11) is 1.68. The Morgan fingerprint density at radius 1 is 1.03 bits per heavy atom. The number of rotatable bonds is 11. The number of nitrogens with zero attached hydrogens (tertiary/aromatic N) is 8. The fourth-order valence-electron chi connectivity index (χ4n) is 6.75. The summed E-state index contributed by atoms with van der Waals surface area (Å²) in [6.45, 7) is 6.07. The number of aromatic nitrogens is 8. The Hall–Kier alpha value is -7.02. The average Bonchev–Trinajstić information content (AvgIpc) is 3.80. The summed E-state index contributed by atoms with van der Waals surface area (Å²) in [4.78, 5) is 61.6. The minimum absolute atomic E-state index is 0.0354. The van der Waals surface area contributed by atoms with E-state index in [1.807, 2.05) is 0 Å². The second-order valence-electron chi connectivity index (χ2n) is 14.9. The zero-order valence-corrected chi connectivity index (χ0v) is 33.4. The van der Waals surface area contributed by atoms with Gasteiger partial charge in [0.25, 0.3) is 0 Å². The highest BCUT2D eigenvalue weighted by atomic mass is 35.5. The number of ether oxygens (including phenoxy) is 1. The number of hydrogen-bond acceptors (Lipinski definition) is 10. The summed E-state index contributed by atoms with van der Waals surface area (Å²) in [5.41, 5.74) is -1.33. The summed E-state index contributed by atoms with van der Waals surface area (Å²) in [5, 5.41) is 25.3. The first kappa shape index (κ1) is 41.2. The highest BCUT2D eigenvalue weighted by Crippen LogP contribution is 2.42. The Balaban J connectivity index is 1.42. The van der Waals surface area contributed by atoms with E-state index < -0.39 is 65.0 Å². The third-order valence-electron chi connectivity index (χ3n) is 9.30. The Morgan fingerprint density at radius 3 is 2.47 bits per heavy atom. The monoisotopic (exact) mass is 844 g/mol. The van der Waals surface area contributed by atoms with Crippen LogP contribution in [0.5, 0.6) is 0 Å². The van der Waals surface area contributed by atoms with Gasteiger partial charge in [0, 0.05) is 59.5 Å². The highest BCUT2D eigenvalue weighted by Gasteiger charge is 2.25. The molecule has 0 aliphatic carbocycles. The molecule has 0 saturated heterocycles. The van der Waals surface area contributed by atoms with Crippen molar-refractivity contribution in [1.29, 1.82) is 0 Å². The zero-order valence-electron chi connectivity index (χ0n) is 32.6. The number of fused-ring (bicyclic) bond motifs is 2. The number of carbonyl (C=O) groups excluding carboxylic acids is 1.